The van der Waals surface area contributed by atoms with Gasteiger partial charge in [-0.05, 0) is 43.7 Å². The largest absolute Gasteiger partial charge is 0.361 e. The normalized spacial score (nSPS) is 21.2. The second kappa shape index (κ2) is 6.02. The molecule has 1 aliphatic heterocycles. The van der Waals surface area contributed by atoms with Crippen molar-refractivity contribution < 1.29 is 14.1 Å². The number of likely N-dealkylation sites (tertiary alicyclic amines) is 1. The Morgan fingerprint density at radius 2 is 1.96 bits per heavy atom. The van der Waals surface area contributed by atoms with Crippen LogP contribution in [0.2, 0.25) is 0 Å². The summed E-state index contributed by atoms with van der Waals surface area (Å²) >= 11 is 0. The molecule has 2 aliphatic rings. The average molecular weight is 339 g/mol. The fourth-order valence-corrected chi connectivity index (χ4v) is 3.72. The van der Waals surface area contributed by atoms with Crippen molar-refractivity contribution in [2.45, 2.75) is 32.2 Å². The van der Waals surface area contributed by atoms with E-state index in [2.05, 4.69) is 10.5 Å². The van der Waals surface area contributed by atoms with Gasteiger partial charge in [-0.3, -0.25) is 9.59 Å². The van der Waals surface area contributed by atoms with Gasteiger partial charge in [-0.15, -0.1) is 0 Å². The fraction of sp³-hybridized carbons (Fsp3) is 0.421. The molecule has 1 saturated carbocycles. The van der Waals surface area contributed by atoms with Crippen LogP contribution < -0.4 is 5.32 Å². The number of amides is 2. The van der Waals surface area contributed by atoms with Gasteiger partial charge in [0.2, 0.25) is 0 Å². The Morgan fingerprint density at radius 1 is 1.24 bits per heavy atom. The van der Waals surface area contributed by atoms with Crippen molar-refractivity contribution in [3.05, 3.63) is 53.4 Å². The summed E-state index contributed by atoms with van der Waals surface area (Å²) in [6, 6.07) is 11.2. The third-order valence-corrected chi connectivity index (χ3v) is 5.42. The van der Waals surface area contributed by atoms with Crippen LogP contribution in [0.5, 0.6) is 0 Å². The molecule has 2 fully saturated rings. The number of carbonyl (C=O) groups excluding carboxylic acids is 2. The molecular formula is C19H21N3O3. The summed E-state index contributed by atoms with van der Waals surface area (Å²) in [6.07, 6.45) is 2.82. The van der Waals surface area contributed by atoms with E-state index >= 15 is 0 Å². The zero-order valence-electron chi connectivity index (χ0n) is 14.2. The van der Waals surface area contributed by atoms with Crippen molar-refractivity contribution >= 4 is 11.8 Å². The first kappa shape index (κ1) is 15.9. The molecule has 6 heteroatoms. The molecule has 1 unspecified atom stereocenters. The molecule has 1 N–H and O–H groups in total. The van der Waals surface area contributed by atoms with E-state index in [1.54, 1.807) is 13.0 Å². The minimum absolute atomic E-state index is 0.0148. The van der Waals surface area contributed by atoms with Gasteiger partial charge in [-0.1, -0.05) is 23.4 Å². The summed E-state index contributed by atoms with van der Waals surface area (Å²) < 4.78 is 4.99. The van der Waals surface area contributed by atoms with Crippen molar-refractivity contribution in [1.29, 1.82) is 0 Å². The molecule has 1 saturated heterocycles. The number of rotatable bonds is 3. The summed E-state index contributed by atoms with van der Waals surface area (Å²) in [5.41, 5.74) is 1.22. The third kappa shape index (κ3) is 3.04. The zero-order chi connectivity index (χ0) is 17.4. The van der Waals surface area contributed by atoms with Gasteiger partial charge in [0.25, 0.3) is 11.8 Å². The Hall–Kier alpha value is -2.63. The van der Waals surface area contributed by atoms with Crippen molar-refractivity contribution in [2.75, 3.05) is 13.1 Å². The second-order valence-corrected chi connectivity index (χ2v) is 7.07. The van der Waals surface area contributed by atoms with Gasteiger partial charge in [0.05, 0.1) is 0 Å². The summed E-state index contributed by atoms with van der Waals surface area (Å²) in [7, 11) is 0. The quantitative estimate of drug-likeness (QED) is 0.932. The van der Waals surface area contributed by atoms with E-state index in [0.29, 0.717) is 30.1 Å². The van der Waals surface area contributed by atoms with E-state index in [4.69, 9.17) is 4.52 Å². The zero-order valence-corrected chi connectivity index (χ0v) is 14.2. The number of hydrogen-bond acceptors (Lipinski definition) is 4. The predicted octanol–water partition coefficient (Wildman–Crippen LogP) is 2.41. The smallest absolute Gasteiger partial charge is 0.276 e. The molecule has 2 amide bonds. The van der Waals surface area contributed by atoms with Crippen LogP contribution in [0.25, 0.3) is 0 Å². The van der Waals surface area contributed by atoms with Crippen LogP contribution in [0.1, 0.15) is 45.9 Å². The molecule has 2 aromatic rings. The first-order valence-corrected chi connectivity index (χ1v) is 8.66. The first-order valence-electron chi connectivity index (χ1n) is 8.66. The second-order valence-electron chi connectivity index (χ2n) is 7.07. The number of hydrogen-bond donors (Lipinski definition) is 1. The van der Waals surface area contributed by atoms with Crippen LogP contribution >= 0.6 is 0 Å². The maximum atomic E-state index is 12.4. The molecule has 2 heterocycles. The minimum atomic E-state index is -0.0720. The van der Waals surface area contributed by atoms with E-state index in [1.807, 2.05) is 35.2 Å². The number of aryl methyl sites for hydroxylation is 1. The van der Waals surface area contributed by atoms with Crippen molar-refractivity contribution in [2.24, 2.45) is 5.41 Å². The molecule has 1 aromatic heterocycles. The van der Waals surface area contributed by atoms with E-state index in [0.717, 1.165) is 19.3 Å². The van der Waals surface area contributed by atoms with E-state index < -0.39 is 0 Å². The molecule has 1 aliphatic carbocycles. The van der Waals surface area contributed by atoms with Gasteiger partial charge in [-0.2, -0.15) is 0 Å². The lowest BCUT2D eigenvalue weighted by atomic mass is 9.92. The Morgan fingerprint density at radius 3 is 2.60 bits per heavy atom. The van der Waals surface area contributed by atoms with Crippen LogP contribution in [-0.4, -0.2) is 41.0 Å². The molecule has 0 radical (unpaired) electrons. The maximum Gasteiger partial charge on any atom is 0.276 e. The van der Waals surface area contributed by atoms with Gasteiger partial charge < -0.3 is 14.7 Å². The van der Waals surface area contributed by atoms with Gasteiger partial charge >= 0.3 is 0 Å². The number of carbonyl (C=O) groups is 2. The number of nitrogens with one attached hydrogen (secondary N) is 1. The third-order valence-electron chi connectivity index (χ3n) is 5.42. The molecule has 0 bridgehead atoms. The fourth-order valence-electron chi connectivity index (χ4n) is 3.72. The SMILES string of the molecule is Cc1cc(C(=O)N2CCC3(CC2)CC3NC(=O)c2ccccc2)no1. The van der Waals surface area contributed by atoms with Crippen LogP contribution in [0.15, 0.2) is 40.9 Å². The first-order chi connectivity index (χ1) is 12.1. The molecular weight excluding hydrogens is 318 g/mol. The van der Waals surface area contributed by atoms with Gasteiger partial charge in [0.1, 0.15) is 5.76 Å². The molecule has 6 nitrogen and oxygen atoms in total. The lowest BCUT2D eigenvalue weighted by molar-refractivity contribution is 0.0657. The summed E-state index contributed by atoms with van der Waals surface area (Å²) in [6.45, 7) is 3.17. The number of aromatic nitrogens is 1. The number of nitrogens with zero attached hydrogens (tertiary/aromatic N) is 2. The highest BCUT2D eigenvalue weighted by Crippen LogP contribution is 2.54. The highest BCUT2D eigenvalue weighted by Gasteiger charge is 2.56. The summed E-state index contributed by atoms with van der Waals surface area (Å²) in [5, 5.41) is 6.95. The molecule has 1 atom stereocenters. The standard InChI is InChI=1S/C19H21N3O3/c1-13-11-15(21-25-13)18(24)22-9-7-19(8-10-22)12-16(19)20-17(23)14-5-3-2-4-6-14/h2-6,11,16H,7-10,12H2,1H3,(H,20,23). The topological polar surface area (TPSA) is 75.4 Å². The monoisotopic (exact) mass is 339 g/mol. The lowest BCUT2D eigenvalue weighted by Crippen LogP contribution is -2.41. The summed E-state index contributed by atoms with van der Waals surface area (Å²) in [5.74, 6) is 0.555. The van der Waals surface area contributed by atoms with Crippen molar-refractivity contribution in [1.82, 2.24) is 15.4 Å². The van der Waals surface area contributed by atoms with Gasteiger partial charge in [0.15, 0.2) is 5.69 Å². The van der Waals surface area contributed by atoms with Gasteiger partial charge in [0, 0.05) is 30.8 Å². The van der Waals surface area contributed by atoms with E-state index in [9.17, 15) is 9.59 Å². The molecule has 1 aromatic carbocycles. The molecule has 4 rings (SSSR count). The predicted molar refractivity (Wildman–Crippen MR) is 91.1 cm³/mol. The Labute approximate surface area is 146 Å². The van der Waals surface area contributed by atoms with Crippen LogP contribution in [0, 0.1) is 12.3 Å². The number of piperidine rings is 1. The molecule has 130 valence electrons. The lowest BCUT2D eigenvalue weighted by Gasteiger charge is -2.32. The highest BCUT2D eigenvalue weighted by molar-refractivity contribution is 5.94. The van der Waals surface area contributed by atoms with Crippen molar-refractivity contribution in [3.8, 4) is 0 Å². The minimum Gasteiger partial charge on any atom is -0.361 e. The molecule has 25 heavy (non-hydrogen) atoms. The highest BCUT2D eigenvalue weighted by atomic mass is 16.5. The van der Waals surface area contributed by atoms with Crippen LogP contribution in [0.3, 0.4) is 0 Å². The van der Waals surface area contributed by atoms with Crippen LogP contribution in [-0.2, 0) is 0 Å². The maximum absolute atomic E-state index is 12.4. The van der Waals surface area contributed by atoms with Crippen molar-refractivity contribution in [3.63, 3.8) is 0 Å². The summed E-state index contributed by atoms with van der Waals surface area (Å²) in [4.78, 5) is 26.5. The van der Waals surface area contributed by atoms with Gasteiger partial charge in [-0.25, -0.2) is 0 Å². The number of benzene rings is 1. The average Bonchev–Trinajstić information content (AvgIpc) is 3.09. The Balaban J connectivity index is 1.32. The van der Waals surface area contributed by atoms with E-state index in [1.165, 1.54) is 0 Å². The molecule has 1 spiro atoms. The van der Waals surface area contributed by atoms with Crippen LogP contribution in [0.4, 0.5) is 0 Å². The Kier molecular flexibility index (Phi) is 3.82. The Bertz CT molecular complexity index is 791. The van der Waals surface area contributed by atoms with E-state index in [-0.39, 0.29) is 23.3 Å².